The third kappa shape index (κ3) is 2.83. The van der Waals surface area contributed by atoms with Crippen molar-refractivity contribution in [2.45, 2.75) is 12.3 Å². The second kappa shape index (κ2) is 6.10. The van der Waals surface area contributed by atoms with Crippen molar-refractivity contribution in [1.82, 2.24) is 14.8 Å². The fraction of sp³-hybridized carbons (Fsp3) is 0.125. The third-order valence-corrected chi connectivity index (χ3v) is 3.68. The van der Waals surface area contributed by atoms with E-state index in [0.717, 1.165) is 16.9 Å². The highest BCUT2D eigenvalue weighted by Gasteiger charge is 2.17. The second-order valence-electron chi connectivity index (χ2n) is 4.54. The normalized spacial score (nSPS) is 10.6. The standard InChI is InChI=1S/C16H14BrN3O/c1-12-15(10-17)16(21-14-8-5-9-18-11-14)20(19-12)13-6-3-2-4-7-13/h2-9,11H,10H2,1H3. The van der Waals surface area contributed by atoms with Gasteiger partial charge in [0.1, 0.15) is 5.75 Å². The van der Waals surface area contributed by atoms with Crippen molar-refractivity contribution in [2.75, 3.05) is 0 Å². The minimum Gasteiger partial charge on any atom is -0.437 e. The number of pyridine rings is 1. The SMILES string of the molecule is Cc1nn(-c2ccccc2)c(Oc2cccnc2)c1CBr. The zero-order valence-corrected chi connectivity index (χ0v) is 13.1. The fourth-order valence-corrected chi connectivity index (χ4v) is 2.71. The summed E-state index contributed by atoms with van der Waals surface area (Å²) < 4.78 is 7.83. The van der Waals surface area contributed by atoms with Crippen LogP contribution in [0.4, 0.5) is 0 Å². The maximum absolute atomic E-state index is 6.01. The maximum Gasteiger partial charge on any atom is 0.226 e. The molecule has 21 heavy (non-hydrogen) atoms. The minimum atomic E-state index is 0.682. The molecule has 0 amide bonds. The van der Waals surface area contributed by atoms with Crippen molar-refractivity contribution in [3.63, 3.8) is 0 Å². The van der Waals surface area contributed by atoms with Crippen LogP contribution in [0.15, 0.2) is 54.9 Å². The van der Waals surface area contributed by atoms with Gasteiger partial charge in [-0.3, -0.25) is 4.98 Å². The fourth-order valence-electron chi connectivity index (χ4n) is 2.06. The van der Waals surface area contributed by atoms with Gasteiger partial charge >= 0.3 is 0 Å². The Morgan fingerprint density at radius 1 is 1.14 bits per heavy atom. The summed E-state index contributed by atoms with van der Waals surface area (Å²) in [7, 11) is 0. The van der Waals surface area contributed by atoms with E-state index in [1.165, 1.54) is 0 Å². The molecule has 0 N–H and O–H groups in total. The quantitative estimate of drug-likeness (QED) is 0.664. The number of halogens is 1. The van der Waals surface area contributed by atoms with Gasteiger partial charge in [-0.25, -0.2) is 4.68 Å². The molecule has 106 valence electrons. The van der Waals surface area contributed by atoms with Crippen molar-refractivity contribution < 1.29 is 4.74 Å². The highest BCUT2D eigenvalue weighted by Crippen LogP contribution is 2.31. The first kappa shape index (κ1) is 13.8. The molecular weight excluding hydrogens is 330 g/mol. The van der Waals surface area contributed by atoms with Gasteiger partial charge in [0.25, 0.3) is 0 Å². The first-order valence-corrected chi connectivity index (χ1v) is 7.69. The topological polar surface area (TPSA) is 39.9 Å². The van der Waals surface area contributed by atoms with Crippen molar-refractivity contribution in [3.05, 3.63) is 66.1 Å². The van der Waals surface area contributed by atoms with Crippen LogP contribution in [-0.2, 0) is 5.33 Å². The van der Waals surface area contributed by atoms with Crippen LogP contribution >= 0.6 is 15.9 Å². The number of rotatable bonds is 4. The minimum absolute atomic E-state index is 0.682. The molecular formula is C16H14BrN3O. The Kier molecular flexibility index (Phi) is 4.01. The van der Waals surface area contributed by atoms with Gasteiger partial charge in [0.15, 0.2) is 0 Å². The Balaban J connectivity index is 2.09. The Bertz CT molecular complexity index is 726. The molecule has 0 saturated heterocycles. The largest absolute Gasteiger partial charge is 0.437 e. The van der Waals surface area contributed by atoms with E-state index in [9.17, 15) is 0 Å². The number of ether oxygens (including phenoxy) is 1. The van der Waals surface area contributed by atoms with Crippen LogP contribution in [0.5, 0.6) is 11.6 Å². The molecule has 0 unspecified atom stereocenters. The van der Waals surface area contributed by atoms with E-state index < -0.39 is 0 Å². The summed E-state index contributed by atoms with van der Waals surface area (Å²) in [5.74, 6) is 1.40. The monoisotopic (exact) mass is 343 g/mol. The summed E-state index contributed by atoms with van der Waals surface area (Å²) in [5, 5.41) is 5.27. The Labute approximate surface area is 131 Å². The van der Waals surface area contributed by atoms with Crippen molar-refractivity contribution >= 4 is 15.9 Å². The number of hydrogen-bond acceptors (Lipinski definition) is 3. The molecule has 5 heteroatoms. The molecule has 0 spiro atoms. The van der Waals surface area contributed by atoms with Gasteiger partial charge < -0.3 is 4.74 Å². The summed E-state index contributed by atoms with van der Waals surface area (Å²) >= 11 is 3.51. The number of nitrogens with zero attached hydrogens (tertiary/aromatic N) is 3. The molecule has 3 aromatic rings. The number of para-hydroxylation sites is 1. The molecule has 3 rings (SSSR count). The summed E-state index contributed by atoms with van der Waals surface area (Å²) in [6.07, 6.45) is 3.41. The lowest BCUT2D eigenvalue weighted by Crippen LogP contribution is -2.00. The number of alkyl halides is 1. The summed E-state index contributed by atoms with van der Waals surface area (Å²) in [6.45, 7) is 1.98. The Morgan fingerprint density at radius 3 is 2.62 bits per heavy atom. The highest BCUT2D eigenvalue weighted by atomic mass is 79.9. The smallest absolute Gasteiger partial charge is 0.226 e. The molecule has 0 saturated carbocycles. The number of aromatic nitrogens is 3. The molecule has 0 bridgehead atoms. The molecule has 0 aliphatic carbocycles. The van der Waals surface area contributed by atoms with Crippen LogP contribution in [0.25, 0.3) is 5.69 Å². The maximum atomic E-state index is 6.01. The zero-order valence-electron chi connectivity index (χ0n) is 11.5. The van der Waals surface area contributed by atoms with Gasteiger partial charge in [0.2, 0.25) is 5.88 Å². The van der Waals surface area contributed by atoms with Crippen LogP contribution in [0.1, 0.15) is 11.3 Å². The second-order valence-corrected chi connectivity index (χ2v) is 5.10. The Morgan fingerprint density at radius 2 is 1.95 bits per heavy atom. The van der Waals surface area contributed by atoms with Crippen LogP contribution in [0.2, 0.25) is 0 Å². The highest BCUT2D eigenvalue weighted by molar-refractivity contribution is 9.08. The summed E-state index contributed by atoms with van der Waals surface area (Å²) in [5.41, 5.74) is 2.93. The lowest BCUT2D eigenvalue weighted by atomic mass is 10.3. The molecule has 2 heterocycles. The molecule has 0 fully saturated rings. The van der Waals surface area contributed by atoms with E-state index in [1.54, 1.807) is 12.4 Å². The predicted molar refractivity (Wildman–Crippen MR) is 85.2 cm³/mol. The zero-order chi connectivity index (χ0) is 14.7. The van der Waals surface area contributed by atoms with Crippen molar-refractivity contribution in [1.29, 1.82) is 0 Å². The first-order valence-electron chi connectivity index (χ1n) is 6.57. The van der Waals surface area contributed by atoms with E-state index in [2.05, 4.69) is 26.0 Å². The average molecular weight is 344 g/mol. The van der Waals surface area contributed by atoms with Crippen LogP contribution in [-0.4, -0.2) is 14.8 Å². The van der Waals surface area contributed by atoms with E-state index in [-0.39, 0.29) is 0 Å². The number of benzene rings is 1. The van der Waals surface area contributed by atoms with E-state index in [4.69, 9.17) is 4.74 Å². The number of aryl methyl sites for hydroxylation is 1. The average Bonchev–Trinajstić information content (AvgIpc) is 2.85. The molecule has 1 aromatic carbocycles. The summed E-state index contributed by atoms with van der Waals surface area (Å²) in [4.78, 5) is 4.08. The van der Waals surface area contributed by atoms with Crippen molar-refractivity contribution in [2.24, 2.45) is 0 Å². The van der Waals surface area contributed by atoms with E-state index in [1.807, 2.05) is 54.1 Å². The third-order valence-electron chi connectivity index (χ3n) is 3.12. The predicted octanol–water partition coefficient (Wildman–Crippen LogP) is 4.26. The van der Waals surface area contributed by atoms with Gasteiger partial charge in [-0.05, 0) is 31.2 Å². The van der Waals surface area contributed by atoms with E-state index >= 15 is 0 Å². The van der Waals surface area contributed by atoms with Gasteiger partial charge in [0, 0.05) is 17.1 Å². The number of hydrogen-bond donors (Lipinski definition) is 0. The Hall–Kier alpha value is -2.14. The van der Waals surface area contributed by atoms with Crippen LogP contribution in [0.3, 0.4) is 0 Å². The first-order chi connectivity index (χ1) is 10.3. The van der Waals surface area contributed by atoms with Gasteiger partial charge in [-0.2, -0.15) is 5.10 Å². The molecule has 0 atom stereocenters. The molecule has 0 radical (unpaired) electrons. The van der Waals surface area contributed by atoms with Gasteiger partial charge in [-0.1, -0.05) is 34.1 Å². The molecule has 0 aliphatic heterocycles. The lowest BCUT2D eigenvalue weighted by molar-refractivity contribution is 0.439. The molecule has 2 aromatic heterocycles. The lowest BCUT2D eigenvalue weighted by Gasteiger charge is -2.10. The molecule has 0 aliphatic rings. The van der Waals surface area contributed by atoms with Crippen molar-refractivity contribution in [3.8, 4) is 17.3 Å². The van der Waals surface area contributed by atoms with Crippen LogP contribution in [0, 0.1) is 6.92 Å². The van der Waals surface area contributed by atoms with Gasteiger partial charge in [-0.15, -0.1) is 0 Å². The van der Waals surface area contributed by atoms with Crippen LogP contribution < -0.4 is 4.74 Å². The summed E-state index contributed by atoms with van der Waals surface area (Å²) in [6, 6.07) is 13.7. The van der Waals surface area contributed by atoms with Gasteiger partial charge in [0.05, 0.1) is 17.6 Å². The van der Waals surface area contributed by atoms with E-state index in [0.29, 0.717) is 17.0 Å². The molecule has 4 nitrogen and oxygen atoms in total.